The number of hydrogen-bond donors (Lipinski definition) is 2. The first-order valence-electron chi connectivity index (χ1n) is 9.23. The second-order valence-corrected chi connectivity index (χ2v) is 6.24. The minimum Gasteiger partial charge on any atom is -0.469 e. The van der Waals surface area contributed by atoms with Crippen LogP contribution >= 0.6 is 24.0 Å². The highest BCUT2D eigenvalue weighted by Crippen LogP contribution is 2.03. The van der Waals surface area contributed by atoms with Crippen molar-refractivity contribution in [2.24, 2.45) is 4.99 Å². The number of aliphatic imine (C=N–C) groups is 1. The molecule has 0 bridgehead atoms. The molecular formula is C18H34IN5O. The number of nitrogens with zero attached hydrogens (tertiary/aromatic N) is 3. The van der Waals surface area contributed by atoms with E-state index < -0.39 is 0 Å². The van der Waals surface area contributed by atoms with Crippen molar-refractivity contribution in [2.75, 3.05) is 59.4 Å². The largest absolute Gasteiger partial charge is 0.469 e. The molecule has 1 fully saturated rings. The van der Waals surface area contributed by atoms with E-state index in [1.807, 2.05) is 19.2 Å². The van der Waals surface area contributed by atoms with E-state index in [1.54, 1.807) is 6.26 Å². The Morgan fingerprint density at radius 2 is 1.84 bits per heavy atom. The van der Waals surface area contributed by atoms with Crippen LogP contribution in [-0.4, -0.2) is 75.2 Å². The highest BCUT2D eigenvalue weighted by molar-refractivity contribution is 14.0. The van der Waals surface area contributed by atoms with Crippen molar-refractivity contribution in [3.8, 4) is 0 Å². The van der Waals surface area contributed by atoms with Gasteiger partial charge in [-0.3, -0.25) is 4.99 Å². The summed E-state index contributed by atoms with van der Waals surface area (Å²) in [6.45, 7) is 11.3. The maximum absolute atomic E-state index is 5.33. The molecule has 0 unspecified atom stereocenters. The van der Waals surface area contributed by atoms with Crippen molar-refractivity contribution in [1.82, 2.24) is 20.4 Å². The van der Waals surface area contributed by atoms with Crippen LogP contribution < -0.4 is 10.6 Å². The van der Waals surface area contributed by atoms with Gasteiger partial charge >= 0.3 is 0 Å². The SMILES string of the molecule is CCN1CCN(CCCCNC(=NC)NCCc2ccco2)CC1.I. The molecule has 2 rings (SSSR count). The first kappa shape index (κ1) is 22.2. The summed E-state index contributed by atoms with van der Waals surface area (Å²) in [5, 5.41) is 6.71. The van der Waals surface area contributed by atoms with Gasteiger partial charge in [-0.2, -0.15) is 0 Å². The Morgan fingerprint density at radius 3 is 2.48 bits per heavy atom. The highest BCUT2D eigenvalue weighted by Gasteiger charge is 2.14. The summed E-state index contributed by atoms with van der Waals surface area (Å²) >= 11 is 0. The number of nitrogens with one attached hydrogen (secondary N) is 2. The number of guanidine groups is 1. The zero-order chi connectivity index (χ0) is 17.0. The van der Waals surface area contributed by atoms with Crippen molar-refractivity contribution < 1.29 is 4.42 Å². The van der Waals surface area contributed by atoms with Gasteiger partial charge in [-0.05, 0) is 38.1 Å². The molecule has 1 aromatic rings. The van der Waals surface area contributed by atoms with Gasteiger partial charge in [0, 0.05) is 52.7 Å². The molecule has 2 N–H and O–H groups in total. The summed E-state index contributed by atoms with van der Waals surface area (Å²) in [5.41, 5.74) is 0. The Morgan fingerprint density at radius 1 is 1.12 bits per heavy atom. The summed E-state index contributed by atoms with van der Waals surface area (Å²) < 4.78 is 5.33. The minimum absolute atomic E-state index is 0. The average Bonchev–Trinajstić information content (AvgIpc) is 3.14. The van der Waals surface area contributed by atoms with E-state index in [1.165, 1.54) is 52.1 Å². The van der Waals surface area contributed by atoms with Crippen LogP contribution in [0.5, 0.6) is 0 Å². The van der Waals surface area contributed by atoms with Crippen molar-refractivity contribution in [1.29, 1.82) is 0 Å². The molecule has 25 heavy (non-hydrogen) atoms. The monoisotopic (exact) mass is 463 g/mol. The Balaban J connectivity index is 0.00000312. The molecule has 0 radical (unpaired) electrons. The van der Waals surface area contributed by atoms with Crippen LogP contribution in [0.1, 0.15) is 25.5 Å². The fourth-order valence-electron chi connectivity index (χ4n) is 2.98. The first-order chi connectivity index (χ1) is 11.8. The molecule has 2 heterocycles. The molecule has 0 spiro atoms. The Bertz CT molecular complexity index is 458. The predicted octanol–water partition coefficient (Wildman–Crippen LogP) is 2.02. The third kappa shape index (κ3) is 8.91. The van der Waals surface area contributed by atoms with Crippen molar-refractivity contribution in [3.63, 3.8) is 0 Å². The van der Waals surface area contributed by atoms with Crippen LogP contribution in [0.25, 0.3) is 0 Å². The van der Waals surface area contributed by atoms with Gasteiger partial charge in [-0.1, -0.05) is 6.92 Å². The van der Waals surface area contributed by atoms with Crippen molar-refractivity contribution >= 4 is 29.9 Å². The molecule has 0 aliphatic carbocycles. The van der Waals surface area contributed by atoms with Gasteiger partial charge in [0.15, 0.2) is 5.96 Å². The van der Waals surface area contributed by atoms with Gasteiger partial charge in [0.25, 0.3) is 0 Å². The van der Waals surface area contributed by atoms with E-state index in [4.69, 9.17) is 4.42 Å². The minimum atomic E-state index is 0. The second-order valence-electron chi connectivity index (χ2n) is 6.24. The lowest BCUT2D eigenvalue weighted by molar-refractivity contribution is 0.136. The number of piperazine rings is 1. The third-order valence-electron chi connectivity index (χ3n) is 4.57. The molecule has 0 saturated carbocycles. The number of halogens is 1. The molecule has 1 saturated heterocycles. The zero-order valence-electron chi connectivity index (χ0n) is 15.7. The van der Waals surface area contributed by atoms with E-state index in [2.05, 4.69) is 32.3 Å². The van der Waals surface area contributed by atoms with Crippen LogP contribution in [0.4, 0.5) is 0 Å². The number of likely N-dealkylation sites (N-methyl/N-ethyl adjacent to an activating group) is 1. The molecule has 0 aromatic carbocycles. The van der Waals surface area contributed by atoms with Crippen LogP contribution in [-0.2, 0) is 6.42 Å². The Kier molecular flexibility index (Phi) is 11.9. The molecule has 1 aliphatic rings. The molecule has 7 heteroatoms. The summed E-state index contributed by atoms with van der Waals surface area (Å²) in [5.74, 6) is 1.87. The number of rotatable bonds is 9. The average molecular weight is 463 g/mol. The normalized spacial score (nSPS) is 16.5. The van der Waals surface area contributed by atoms with Crippen LogP contribution in [0.3, 0.4) is 0 Å². The molecule has 1 aliphatic heterocycles. The van der Waals surface area contributed by atoms with Crippen LogP contribution in [0.2, 0.25) is 0 Å². The third-order valence-corrected chi connectivity index (χ3v) is 4.57. The lowest BCUT2D eigenvalue weighted by atomic mass is 10.2. The van der Waals surface area contributed by atoms with E-state index in [0.717, 1.165) is 31.2 Å². The maximum atomic E-state index is 5.33. The predicted molar refractivity (Wildman–Crippen MR) is 115 cm³/mol. The number of unbranched alkanes of at least 4 members (excludes halogenated alkanes) is 1. The van der Waals surface area contributed by atoms with E-state index in [9.17, 15) is 0 Å². The molecule has 1 aromatic heterocycles. The second kappa shape index (κ2) is 13.4. The van der Waals surface area contributed by atoms with E-state index in [-0.39, 0.29) is 24.0 Å². The summed E-state index contributed by atoms with van der Waals surface area (Å²) in [6, 6.07) is 3.92. The number of hydrogen-bond acceptors (Lipinski definition) is 4. The van der Waals surface area contributed by atoms with Crippen molar-refractivity contribution in [3.05, 3.63) is 24.2 Å². The Labute approximate surface area is 169 Å². The van der Waals surface area contributed by atoms with Gasteiger partial charge in [0.1, 0.15) is 5.76 Å². The summed E-state index contributed by atoms with van der Waals surface area (Å²) in [4.78, 5) is 9.37. The molecule has 144 valence electrons. The fraction of sp³-hybridized carbons (Fsp3) is 0.722. The summed E-state index contributed by atoms with van der Waals surface area (Å²) in [6.07, 6.45) is 5.00. The van der Waals surface area contributed by atoms with Crippen molar-refractivity contribution in [2.45, 2.75) is 26.2 Å². The standard InChI is InChI=1S/C18H33N5O.HI/c1-3-22-12-14-23(15-13-22)11-5-4-9-20-18(19-2)21-10-8-17-7-6-16-24-17;/h6-7,16H,3-5,8-15H2,1-2H3,(H2,19,20,21);1H. The highest BCUT2D eigenvalue weighted by atomic mass is 127. The maximum Gasteiger partial charge on any atom is 0.190 e. The van der Waals surface area contributed by atoms with Gasteiger partial charge in [-0.15, -0.1) is 24.0 Å². The van der Waals surface area contributed by atoms with E-state index >= 15 is 0 Å². The first-order valence-corrected chi connectivity index (χ1v) is 9.23. The molecule has 0 atom stereocenters. The lowest BCUT2D eigenvalue weighted by Crippen LogP contribution is -2.46. The van der Waals surface area contributed by atoms with E-state index in [0.29, 0.717) is 0 Å². The zero-order valence-corrected chi connectivity index (χ0v) is 18.0. The summed E-state index contributed by atoms with van der Waals surface area (Å²) in [7, 11) is 1.81. The topological polar surface area (TPSA) is 56.0 Å². The lowest BCUT2D eigenvalue weighted by Gasteiger charge is -2.34. The van der Waals surface area contributed by atoms with Crippen LogP contribution in [0, 0.1) is 0 Å². The fourth-order valence-corrected chi connectivity index (χ4v) is 2.98. The van der Waals surface area contributed by atoms with Gasteiger partial charge in [0.2, 0.25) is 0 Å². The molecule has 0 amide bonds. The smallest absolute Gasteiger partial charge is 0.190 e. The molecular weight excluding hydrogens is 429 g/mol. The Hall–Kier alpha value is -0.800. The quantitative estimate of drug-likeness (QED) is 0.254. The number of furan rings is 1. The van der Waals surface area contributed by atoms with Crippen LogP contribution in [0.15, 0.2) is 27.8 Å². The van der Waals surface area contributed by atoms with Gasteiger partial charge in [-0.25, -0.2) is 0 Å². The molecule has 6 nitrogen and oxygen atoms in total. The van der Waals surface area contributed by atoms with Gasteiger partial charge < -0.3 is 24.9 Å². The van der Waals surface area contributed by atoms with Gasteiger partial charge in [0.05, 0.1) is 6.26 Å².